The van der Waals surface area contributed by atoms with Crippen molar-refractivity contribution in [2.24, 2.45) is 11.7 Å². The molecular weight excluding hydrogens is 456 g/mol. The third-order valence-electron chi connectivity index (χ3n) is 7.36. The molecule has 2 N–H and O–H groups in total. The van der Waals surface area contributed by atoms with Gasteiger partial charge in [0.1, 0.15) is 0 Å². The second-order valence-electron chi connectivity index (χ2n) is 9.70. The van der Waals surface area contributed by atoms with Gasteiger partial charge in [-0.05, 0) is 80.3 Å². The highest BCUT2D eigenvalue weighted by molar-refractivity contribution is 7.90. The number of benzene rings is 2. The second kappa shape index (κ2) is 9.77. The molecule has 33 heavy (non-hydrogen) atoms. The Morgan fingerprint density at radius 1 is 1.09 bits per heavy atom. The SMILES string of the molecule is CS(=O)(=O)c1cccc(CCN(C(=O)C2CC2)C2CCC(CN)(c3cccc(Cl)c3)CC2)c1. The lowest BCUT2D eigenvalue weighted by Gasteiger charge is -2.44. The van der Waals surface area contributed by atoms with E-state index in [0.29, 0.717) is 24.4 Å². The number of rotatable bonds is 8. The number of nitrogens with zero attached hydrogens (tertiary/aromatic N) is 1. The highest BCUT2D eigenvalue weighted by atomic mass is 35.5. The maximum Gasteiger partial charge on any atom is 0.225 e. The highest BCUT2D eigenvalue weighted by Gasteiger charge is 2.41. The number of halogens is 1. The fraction of sp³-hybridized carbons (Fsp3) is 0.500. The average Bonchev–Trinajstić information content (AvgIpc) is 3.65. The average molecular weight is 489 g/mol. The Hall–Kier alpha value is -1.89. The summed E-state index contributed by atoms with van der Waals surface area (Å²) in [6.07, 6.45) is 7.48. The van der Waals surface area contributed by atoms with Crippen LogP contribution in [0.5, 0.6) is 0 Å². The van der Waals surface area contributed by atoms with Crippen molar-refractivity contribution in [3.8, 4) is 0 Å². The molecule has 0 radical (unpaired) electrons. The molecule has 2 fully saturated rings. The van der Waals surface area contributed by atoms with E-state index in [0.717, 1.165) is 49.1 Å². The first-order chi connectivity index (χ1) is 15.7. The summed E-state index contributed by atoms with van der Waals surface area (Å²) in [7, 11) is -3.25. The Morgan fingerprint density at radius 3 is 2.39 bits per heavy atom. The van der Waals surface area contributed by atoms with Gasteiger partial charge < -0.3 is 10.6 Å². The van der Waals surface area contributed by atoms with Crippen molar-refractivity contribution in [3.63, 3.8) is 0 Å². The van der Waals surface area contributed by atoms with E-state index in [1.165, 1.54) is 11.8 Å². The van der Waals surface area contributed by atoms with E-state index in [2.05, 4.69) is 11.0 Å². The van der Waals surface area contributed by atoms with E-state index in [1.54, 1.807) is 18.2 Å². The molecule has 0 bridgehead atoms. The van der Waals surface area contributed by atoms with Crippen LogP contribution in [-0.2, 0) is 26.5 Å². The molecule has 0 saturated heterocycles. The van der Waals surface area contributed by atoms with Gasteiger partial charge in [0.2, 0.25) is 5.91 Å². The minimum absolute atomic E-state index is 0.0977. The van der Waals surface area contributed by atoms with Gasteiger partial charge in [-0.1, -0.05) is 35.9 Å². The molecule has 2 aliphatic rings. The van der Waals surface area contributed by atoms with Crippen molar-refractivity contribution in [3.05, 3.63) is 64.7 Å². The van der Waals surface area contributed by atoms with Gasteiger partial charge in [0.15, 0.2) is 9.84 Å². The maximum atomic E-state index is 13.2. The van der Waals surface area contributed by atoms with Crippen molar-refractivity contribution in [2.75, 3.05) is 19.3 Å². The molecule has 0 spiro atoms. The van der Waals surface area contributed by atoms with E-state index < -0.39 is 9.84 Å². The Morgan fingerprint density at radius 2 is 1.79 bits per heavy atom. The molecule has 178 valence electrons. The van der Waals surface area contributed by atoms with Gasteiger partial charge >= 0.3 is 0 Å². The van der Waals surface area contributed by atoms with Gasteiger partial charge in [0.25, 0.3) is 0 Å². The first-order valence-electron chi connectivity index (χ1n) is 11.8. The predicted molar refractivity (Wildman–Crippen MR) is 132 cm³/mol. The largest absolute Gasteiger partial charge is 0.339 e. The van der Waals surface area contributed by atoms with E-state index in [-0.39, 0.29) is 23.3 Å². The van der Waals surface area contributed by atoms with Crippen molar-refractivity contribution in [2.45, 2.75) is 61.3 Å². The Labute approximate surface area is 202 Å². The van der Waals surface area contributed by atoms with Crippen molar-refractivity contribution >= 4 is 27.3 Å². The third kappa shape index (κ3) is 5.61. The standard InChI is InChI=1S/C26H33ClN2O3S/c1-33(31,32)24-7-2-4-19(16-24)12-15-29(25(30)20-8-9-20)23-10-13-26(18-28,14-11-23)21-5-3-6-22(27)17-21/h2-7,16-17,20,23H,8-15,18,28H2,1H3. The molecule has 2 saturated carbocycles. The summed E-state index contributed by atoms with van der Waals surface area (Å²) in [4.78, 5) is 15.6. The minimum Gasteiger partial charge on any atom is -0.339 e. The summed E-state index contributed by atoms with van der Waals surface area (Å²) in [6, 6.07) is 15.3. The molecule has 1 amide bonds. The van der Waals surface area contributed by atoms with E-state index in [1.807, 2.05) is 24.3 Å². The van der Waals surface area contributed by atoms with Gasteiger partial charge in [-0.3, -0.25) is 4.79 Å². The highest BCUT2D eigenvalue weighted by Crippen LogP contribution is 2.42. The number of amides is 1. The molecule has 5 nitrogen and oxygen atoms in total. The zero-order valence-electron chi connectivity index (χ0n) is 19.2. The van der Waals surface area contributed by atoms with Crippen molar-refractivity contribution in [1.82, 2.24) is 4.90 Å². The Balaban J connectivity index is 1.48. The van der Waals surface area contributed by atoms with Crippen LogP contribution in [0, 0.1) is 5.92 Å². The zero-order valence-corrected chi connectivity index (χ0v) is 20.7. The van der Waals surface area contributed by atoms with Crippen LogP contribution in [0.2, 0.25) is 5.02 Å². The Kier molecular flexibility index (Phi) is 7.18. The number of carbonyl (C=O) groups excluding carboxylic acids is 1. The number of carbonyl (C=O) groups is 1. The minimum atomic E-state index is -3.25. The predicted octanol–water partition coefficient (Wildman–Crippen LogP) is 4.36. The van der Waals surface area contributed by atoms with E-state index in [4.69, 9.17) is 17.3 Å². The zero-order chi connectivity index (χ0) is 23.6. The molecule has 0 aliphatic heterocycles. The lowest BCUT2D eigenvalue weighted by Crippen LogP contribution is -2.48. The lowest BCUT2D eigenvalue weighted by atomic mass is 9.68. The molecule has 2 aromatic rings. The molecule has 0 heterocycles. The summed E-state index contributed by atoms with van der Waals surface area (Å²) in [6.45, 7) is 1.18. The molecule has 4 rings (SSSR count). The molecule has 0 atom stereocenters. The fourth-order valence-electron chi connectivity index (χ4n) is 5.11. The van der Waals surface area contributed by atoms with Crippen LogP contribution >= 0.6 is 11.6 Å². The second-order valence-corrected chi connectivity index (χ2v) is 12.2. The van der Waals surface area contributed by atoms with Crippen LogP contribution in [0.3, 0.4) is 0 Å². The summed E-state index contributed by atoms with van der Waals surface area (Å²) in [5.41, 5.74) is 8.30. The Bertz CT molecular complexity index is 1110. The van der Waals surface area contributed by atoms with Gasteiger partial charge in [0, 0.05) is 41.7 Å². The number of hydrogen-bond acceptors (Lipinski definition) is 4. The van der Waals surface area contributed by atoms with Crippen LogP contribution < -0.4 is 5.73 Å². The van der Waals surface area contributed by atoms with Gasteiger partial charge in [-0.25, -0.2) is 8.42 Å². The molecule has 0 aromatic heterocycles. The molecule has 2 aromatic carbocycles. The molecule has 7 heteroatoms. The lowest BCUT2D eigenvalue weighted by molar-refractivity contribution is -0.135. The van der Waals surface area contributed by atoms with E-state index >= 15 is 0 Å². The van der Waals surface area contributed by atoms with Crippen LogP contribution in [0.15, 0.2) is 53.4 Å². The third-order valence-corrected chi connectivity index (χ3v) is 8.70. The van der Waals surface area contributed by atoms with E-state index in [9.17, 15) is 13.2 Å². The van der Waals surface area contributed by atoms with Crippen molar-refractivity contribution in [1.29, 1.82) is 0 Å². The van der Waals surface area contributed by atoms with Gasteiger partial charge in [-0.15, -0.1) is 0 Å². The van der Waals surface area contributed by atoms with Crippen LogP contribution in [0.25, 0.3) is 0 Å². The summed E-state index contributed by atoms with van der Waals surface area (Å²) in [5.74, 6) is 0.406. The maximum absolute atomic E-state index is 13.2. The van der Waals surface area contributed by atoms with Crippen LogP contribution in [0.4, 0.5) is 0 Å². The van der Waals surface area contributed by atoms with Gasteiger partial charge in [0.05, 0.1) is 4.90 Å². The quantitative estimate of drug-likeness (QED) is 0.598. The molecule has 0 unspecified atom stereocenters. The monoisotopic (exact) mass is 488 g/mol. The first-order valence-corrected chi connectivity index (χ1v) is 14.0. The summed E-state index contributed by atoms with van der Waals surface area (Å²) in [5, 5.41) is 0.726. The first kappa shape index (κ1) is 24.2. The smallest absolute Gasteiger partial charge is 0.225 e. The summed E-state index contributed by atoms with van der Waals surface area (Å²) >= 11 is 6.25. The topological polar surface area (TPSA) is 80.5 Å². The number of sulfone groups is 1. The normalized spacial score (nSPS) is 23.3. The number of hydrogen-bond donors (Lipinski definition) is 1. The van der Waals surface area contributed by atoms with Crippen molar-refractivity contribution < 1.29 is 13.2 Å². The van der Waals surface area contributed by atoms with Crippen LogP contribution in [-0.4, -0.2) is 44.6 Å². The fourth-order valence-corrected chi connectivity index (χ4v) is 6.00. The molecule has 2 aliphatic carbocycles. The molecular formula is C26H33ClN2O3S. The number of nitrogens with two attached hydrogens (primary N) is 1. The van der Waals surface area contributed by atoms with Crippen LogP contribution in [0.1, 0.15) is 49.7 Å². The van der Waals surface area contributed by atoms with Gasteiger partial charge in [-0.2, -0.15) is 0 Å². The summed E-state index contributed by atoms with van der Waals surface area (Å²) < 4.78 is 23.8.